The predicted molar refractivity (Wildman–Crippen MR) is 46.7 cm³/mol. The zero-order chi connectivity index (χ0) is 10.7. The van der Waals surface area contributed by atoms with E-state index in [0.717, 1.165) is 0 Å². The molecule has 4 atom stereocenters. The van der Waals surface area contributed by atoms with Crippen LogP contribution in [-0.4, -0.2) is 52.4 Å². The summed E-state index contributed by atoms with van der Waals surface area (Å²) in [5.41, 5.74) is 12.4. The lowest BCUT2D eigenvalue weighted by Gasteiger charge is -2.34. The quantitative estimate of drug-likeness (QED) is 0.154. The summed E-state index contributed by atoms with van der Waals surface area (Å²) in [4.78, 5) is 0. The van der Waals surface area contributed by atoms with Crippen LogP contribution >= 0.6 is 0 Å². The minimum Gasteiger partial charge on any atom is -0.388 e. The third-order valence-electron chi connectivity index (χ3n) is 1.82. The number of guanidine groups is 1. The van der Waals surface area contributed by atoms with E-state index in [2.05, 4.69) is 10.5 Å². The highest BCUT2D eigenvalue weighted by Gasteiger charge is 2.37. The standard InChI is InChI=1S/C6H14N4O4/c7-6(8)10-9-5-4(13)3(12)2(11)1-14-5/h2-5,9,11-13H,1H2,(H4,7,8,10)/t2-,3?,4?,5-/m1/s1. The first kappa shape index (κ1) is 11.0. The van der Waals surface area contributed by atoms with Crippen LogP contribution in [0.5, 0.6) is 0 Å². The molecule has 8 nitrogen and oxygen atoms in total. The minimum atomic E-state index is -1.29. The van der Waals surface area contributed by atoms with Gasteiger partial charge in [-0.05, 0) is 0 Å². The largest absolute Gasteiger partial charge is 0.388 e. The summed E-state index contributed by atoms with van der Waals surface area (Å²) in [5, 5.41) is 31.1. The summed E-state index contributed by atoms with van der Waals surface area (Å²) in [6.07, 6.45) is -4.62. The number of hydrazone groups is 1. The first-order valence-corrected chi connectivity index (χ1v) is 4.02. The van der Waals surface area contributed by atoms with E-state index in [1.165, 1.54) is 0 Å². The van der Waals surface area contributed by atoms with Crippen LogP contribution in [-0.2, 0) is 4.74 Å². The molecule has 0 spiro atoms. The molecule has 1 rings (SSSR count). The summed E-state index contributed by atoms with van der Waals surface area (Å²) >= 11 is 0. The lowest BCUT2D eigenvalue weighted by Crippen LogP contribution is -2.57. The Balaban J connectivity index is 2.51. The van der Waals surface area contributed by atoms with Crippen molar-refractivity contribution in [3.05, 3.63) is 0 Å². The second-order valence-corrected chi connectivity index (χ2v) is 2.97. The maximum Gasteiger partial charge on any atom is 0.208 e. The van der Waals surface area contributed by atoms with Gasteiger partial charge in [0.2, 0.25) is 5.96 Å². The van der Waals surface area contributed by atoms with Crippen molar-refractivity contribution in [2.45, 2.75) is 24.5 Å². The van der Waals surface area contributed by atoms with E-state index in [1.807, 2.05) is 0 Å². The van der Waals surface area contributed by atoms with E-state index in [-0.39, 0.29) is 12.6 Å². The number of aliphatic hydroxyl groups excluding tert-OH is 3. The zero-order valence-electron chi connectivity index (χ0n) is 7.37. The van der Waals surface area contributed by atoms with E-state index in [0.29, 0.717) is 0 Å². The van der Waals surface area contributed by atoms with Gasteiger partial charge < -0.3 is 31.5 Å². The molecule has 8 N–H and O–H groups in total. The highest BCUT2D eigenvalue weighted by Crippen LogP contribution is 2.13. The number of nitrogens with two attached hydrogens (primary N) is 2. The summed E-state index contributed by atoms with van der Waals surface area (Å²) in [7, 11) is 0. The van der Waals surface area contributed by atoms with Gasteiger partial charge in [-0.3, -0.25) is 5.43 Å². The van der Waals surface area contributed by atoms with Gasteiger partial charge in [0.1, 0.15) is 18.3 Å². The van der Waals surface area contributed by atoms with Gasteiger partial charge in [0.25, 0.3) is 0 Å². The van der Waals surface area contributed by atoms with Crippen LogP contribution in [0.25, 0.3) is 0 Å². The lowest BCUT2D eigenvalue weighted by molar-refractivity contribution is -0.195. The molecule has 1 aliphatic heterocycles. The molecule has 8 heteroatoms. The van der Waals surface area contributed by atoms with Crippen LogP contribution in [0.3, 0.4) is 0 Å². The van der Waals surface area contributed by atoms with Gasteiger partial charge in [-0.25, -0.2) is 0 Å². The molecule has 82 valence electrons. The van der Waals surface area contributed by atoms with E-state index in [4.69, 9.17) is 21.3 Å². The second kappa shape index (κ2) is 4.42. The molecule has 0 aromatic carbocycles. The van der Waals surface area contributed by atoms with Gasteiger partial charge in [-0.1, -0.05) is 0 Å². The van der Waals surface area contributed by atoms with Crippen LogP contribution in [0.4, 0.5) is 0 Å². The van der Waals surface area contributed by atoms with E-state index < -0.39 is 24.5 Å². The predicted octanol–water partition coefficient (Wildman–Crippen LogP) is -3.80. The highest BCUT2D eigenvalue weighted by atomic mass is 16.5. The Bertz CT molecular complexity index is 220. The van der Waals surface area contributed by atoms with Crippen molar-refractivity contribution >= 4 is 5.96 Å². The average molecular weight is 206 g/mol. The first-order valence-electron chi connectivity index (χ1n) is 4.02. The highest BCUT2D eigenvalue weighted by molar-refractivity contribution is 5.75. The molecule has 0 aromatic rings. The monoisotopic (exact) mass is 206 g/mol. The van der Waals surface area contributed by atoms with Crippen LogP contribution in [0, 0.1) is 0 Å². The number of hydrogen-bond acceptors (Lipinski definition) is 6. The van der Waals surface area contributed by atoms with Crippen molar-refractivity contribution in [2.75, 3.05) is 6.61 Å². The molecule has 0 radical (unpaired) electrons. The van der Waals surface area contributed by atoms with Crippen LogP contribution in [0.15, 0.2) is 5.10 Å². The van der Waals surface area contributed by atoms with Crippen LogP contribution in [0.1, 0.15) is 0 Å². The van der Waals surface area contributed by atoms with E-state index in [1.54, 1.807) is 0 Å². The molecule has 1 heterocycles. The van der Waals surface area contributed by atoms with E-state index >= 15 is 0 Å². The van der Waals surface area contributed by atoms with Gasteiger partial charge >= 0.3 is 0 Å². The van der Waals surface area contributed by atoms with Gasteiger partial charge in [0, 0.05) is 0 Å². The molecule has 0 aromatic heterocycles. The molecule has 14 heavy (non-hydrogen) atoms. The van der Waals surface area contributed by atoms with Gasteiger partial charge in [0.05, 0.1) is 6.61 Å². The average Bonchev–Trinajstić information content (AvgIpc) is 2.13. The summed E-state index contributed by atoms with van der Waals surface area (Å²) in [5.74, 6) is -0.221. The molecule has 2 unspecified atom stereocenters. The van der Waals surface area contributed by atoms with Gasteiger partial charge in [-0.2, -0.15) is 0 Å². The number of nitrogens with one attached hydrogen (secondary N) is 1. The fourth-order valence-electron chi connectivity index (χ4n) is 1.06. The Morgan fingerprint density at radius 3 is 2.50 bits per heavy atom. The SMILES string of the molecule is NC(N)=NN[C@@H]1OC[C@@H](O)C(O)C1O. The second-order valence-electron chi connectivity index (χ2n) is 2.97. The number of nitrogens with zero attached hydrogens (tertiary/aromatic N) is 1. The van der Waals surface area contributed by atoms with E-state index in [9.17, 15) is 10.2 Å². The first-order chi connectivity index (χ1) is 6.52. The Kier molecular flexibility index (Phi) is 3.47. The Hall–Kier alpha value is -1.09. The third-order valence-corrected chi connectivity index (χ3v) is 1.82. The normalized spacial score (nSPS) is 37.6. The molecule has 1 fully saturated rings. The molecule has 1 aliphatic rings. The topological polar surface area (TPSA) is 146 Å². The molecular weight excluding hydrogens is 192 g/mol. The van der Waals surface area contributed by atoms with Crippen molar-refractivity contribution in [2.24, 2.45) is 16.6 Å². The fraction of sp³-hybridized carbons (Fsp3) is 0.833. The van der Waals surface area contributed by atoms with Gasteiger partial charge in [-0.15, -0.1) is 5.10 Å². The molecule has 0 aliphatic carbocycles. The van der Waals surface area contributed by atoms with Crippen LogP contribution in [0.2, 0.25) is 0 Å². The van der Waals surface area contributed by atoms with Crippen molar-refractivity contribution in [1.29, 1.82) is 0 Å². The molecule has 0 bridgehead atoms. The molecule has 1 saturated heterocycles. The van der Waals surface area contributed by atoms with Crippen molar-refractivity contribution < 1.29 is 20.1 Å². The molecular formula is C6H14N4O4. The molecule has 0 saturated carbocycles. The van der Waals surface area contributed by atoms with Crippen molar-refractivity contribution in [3.8, 4) is 0 Å². The molecule has 0 amide bonds. The Labute approximate surface area is 80.1 Å². The lowest BCUT2D eigenvalue weighted by atomic mass is 10.1. The summed E-state index contributed by atoms with van der Waals surface area (Å²) in [6.45, 7) is -0.101. The minimum absolute atomic E-state index is 0.101. The van der Waals surface area contributed by atoms with Crippen molar-refractivity contribution in [3.63, 3.8) is 0 Å². The Morgan fingerprint density at radius 2 is 1.93 bits per heavy atom. The smallest absolute Gasteiger partial charge is 0.208 e. The van der Waals surface area contributed by atoms with Gasteiger partial charge in [0.15, 0.2) is 6.23 Å². The maximum atomic E-state index is 9.37. The number of aliphatic hydroxyl groups is 3. The summed E-state index contributed by atoms with van der Waals surface area (Å²) in [6, 6.07) is 0. The van der Waals surface area contributed by atoms with Crippen LogP contribution < -0.4 is 16.9 Å². The third kappa shape index (κ3) is 2.45. The number of ether oxygens (including phenoxy) is 1. The summed E-state index contributed by atoms with van der Waals surface area (Å²) < 4.78 is 4.93. The maximum absolute atomic E-state index is 9.37. The Morgan fingerprint density at radius 1 is 1.29 bits per heavy atom. The zero-order valence-corrected chi connectivity index (χ0v) is 7.37. The number of rotatable bonds is 2. The van der Waals surface area contributed by atoms with Crippen molar-refractivity contribution in [1.82, 2.24) is 5.43 Å². The number of hydrogen-bond donors (Lipinski definition) is 6. The fourth-order valence-corrected chi connectivity index (χ4v) is 1.06.